The van der Waals surface area contributed by atoms with Crippen LogP contribution >= 0.6 is 0 Å². The van der Waals surface area contributed by atoms with E-state index in [1.807, 2.05) is 12.1 Å². The molecular weight excluding hydrogens is 201 g/mol. The van der Waals surface area contributed by atoms with Gasteiger partial charge in [-0.1, -0.05) is 26.0 Å². The molecule has 1 saturated carbocycles. The Labute approximate surface area is 97.1 Å². The summed E-state index contributed by atoms with van der Waals surface area (Å²) < 4.78 is 12.8. The van der Waals surface area contributed by atoms with Crippen LogP contribution in [0.4, 0.5) is 4.39 Å². The van der Waals surface area contributed by atoms with Gasteiger partial charge in [0.05, 0.1) is 0 Å². The molecule has 0 heterocycles. The van der Waals surface area contributed by atoms with Gasteiger partial charge in [0.15, 0.2) is 0 Å². The van der Waals surface area contributed by atoms with E-state index in [4.69, 9.17) is 0 Å². The maximum absolute atomic E-state index is 12.8. The van der Waals surface area contributed by atoms with E-state index >= 15 is 0 Å². The molecule has 1 aliphatic rings. The van der Waals surface area contributed by atoms with Crippen molar-refractivity contribution in [3.63, 3.8) is 0 Å². The van der Waals surface area contributed by atoms with Crippen molar-refractivity contribution in [2.75, 3.05) is 13.1 Å². The highest BCUT2D eigenvalue weighted by Gasteiger charge is 2.43. The van der Waals surface area contributed by atoms with Crippen LogP contribution in [0.5, 0.6) is 0 Å². The predicted molar refractivity (Wildman–Crippen MR) is 65.0 cm³/mol. The molecule has 0 spiro atoms. The first-order valence-electron chi connectivity index (χ1n) is 6.09. The van der Waals surface area contributed by atoms with Crippen LogP contribution in [0.2, 0.25) is 0 Å². The summed E-state index contributed by atoms with van der Waals surface area (Å²) in [5, 5.41) is 3.51. The van der Waals surface area contributed by atoms with Crippen LogP contribution in [0.15, 0.2) is 24.3 Å². The number of halogens is 1. The Balaban J connectivity index is 1.95. The van der Waals surface area contributed by atoms with Crippen LogP contribution in [-0.2, 0) is 5.41 Å². The minimum absolute atomic E-state index is 0.144. The minimum atomic E-state index is -0.144. The lowest BCUT2D eigenvalue weighted by atomic mass is 9.96. The second kappa shape index (κ2) is 4.54. The molecule has 16 heavy (non-hydrogen) atoms. The van der Waals surface area contributed by atoms with Crippen LogP contribution in [0.25, 0.3) is 0 Å². The molecule has 1 aliphatic carbocycles. The molecule has 0 bridgehead atoms. The zero-order valence-electron chi connectivity index (χ0n) is 10.1. The lowest BCUT2D eigenvalue weighted by Crippen LogP contribution is -2.29. The van der Waals surface area contributed by atoms with Gasteiger partial charge < -0.3 is 5.32 Å². The Bertz CT molecular complexity index is 338. The van der Waals surface area contributed by atoms with Gasteiger partial charge in [-0.05, 0) is 43.0 Å². The molecule has 1 aromatic carbocycles. The predicted octanol–water partition coefficient (Wildman–Crippen LogP) is 3.10. The van der Waals surface area contributed by atoms with Crippen LogP contribution in [0, 0.1) is 11.7 Å². The van der Waals surface area contributed by atoms with Gasteiger partial charge in [0, 0.05) is 12.0 Å². The summed E-state index contributed by atoms with van der Waals surface area (Å²) in [4.78, 5) is 0. The zero-order valence-corrected chi connectivity index (χ0v) is 10.1. The average Bonchev–Trinajstić information content (AvgIpc) is 2.99. The Kier molecular flexibility index (Phi) is 3.29. The molecule has 1 nitrogen and oxygen atoms in total. The fraction of sp³-hybridized carbons (Fsp3) is 0.571. The number of hydrogen-bond acceptors (Lipinski definition) is 1. The first-order chi connectivity index (χ1) is 7.62. The van der Waals surface area contributed by atoms with Crippen molar-refractivity contribution < 1.29 is 4.39 Å². The van der Waals surface area contributed by atoms with Gasteiger partial charge in [-0.2, -0.15) is 0 Å². The summed E-state index contributed by atoms with van der Waals surface area (Å²) in [5.74, 6) is 0.540. The third kappa shape index (κ3) is 2.62. The fourth-order valence-electron chi connectivity index (χ4n) is 2.12. The SMILES string of the molecule is CC(C)CNCC1(c2ccc(F)cc2)CC1. The molecule has 2 heteroatoms. The molecular formula is C14H20FN. The van der Waals surface area contributed by atoms with E-state index in [0.717, 1.165) is 13.1 Å². The van der Waals surface area contributed by atoms with Crippen LogP contribution in [0.1, 0.15) is 32.3 Å². The lowest BCUT2D eigenvalue weighted by molar-refractivity contribution is 0.508. The first-order valence-corrected chi connectivity index (χ1v) is 6.09. The van der Waals surface area contributed by atoms with Crippen molar-refractivity contribution in [2.24, 2.45) is 5.92 Å². The number of nitrogens with one attached hydrogen (secondary N) is 1. The largest absolute Gasteiger partial charge is 0.316 e. The van der Waals surface area contributed by atoms with Crippen LogP contribution in [0.3, 0.4) is 0 Å². The van der Waals surface area contributed by atoms with E-state index in [1.54, 1.807) is 12.1 Å². The van der Waals surface area contributed by atoms with Gasteiger partial charge in [0.1, 0.15) is 5.82 Å². The number of rotatable bonds is 5. The summed E-state index contributed by atoms with van der Waals surface area (Å²) in [6.45, 7) is 6.51. The Morgan fingerprint density at radius 1 is 1.25 bits per heavy atom. The van der Waals surface area contributed by atoms with Gasteiger partial charge in [-0.25, -0.2) is 4.39 Å². The van der Waals surface area contributed by atoms with Crippen molar-refractivity contribution in [1.82, 2.24) is 5.32 Å². The second-order valence-corrected chi connectivity index (χ2v) is 5.31. The standard InChI is InChI=1S/C14H20FN/c1-11(2)9-16-10-14(7-8-14)12-3-5-13(15)6-4-12/h3-6,11,16H,7-10H2,1-2H3. The van der Waals surface area contributed by atoms with Crippen molar-refractivity contribution in [2.45, 2.75) is 32.1 Å². The van der Waals surface area contributed by atoms with Gasteiger partial charge in [-0.15, -0.1) is 0 Å². The highest BCUT2D eigenvalue weighted by molar-refractivity contribution is 5.32. The molecule has 1 fully saturated rings. The Hall–Kier alpha value is -0.890. The van der Waals surface area contributed by atoms with Gasteiger partial charge >= 0.3 is 0 Å². The number of hydrogen-bond donors (Lipinski definition) is 1. The maximum Gasteiger partial charge on any atom is 0.123 e. The van der Waals surface area contributed by atoms with Gasteiger partial charge in [0.25, 0.3) is 0 Å². The first kappa shape index (κ1) is 11.6. The molecule has 1 aromatic rings. The molecule has 0 radical (unpaired) electrons. The fourth-order valence-corrected chi connectivity index (χ4v) is 2.12. The Morgan fingerprint density at radius 2 is 1.88 bits per heavy atom. The quantitative estimate of drug-likeness (QED) is 0.805. The summed E-state index contributed by atoms with van der Waals surface area (Å²) in [5.41, 5.74) is 1.58. The summed E-state index contributed by atoms with van der Waals surface area (Å²) in [6, 6.07) is 6.99. The smallest absolute Gasteiger partial charge is 0.123 e. The summed E-state index contributed by atoms with van der Waals surface area (Å²) in [7, 11) is 0. The Morgan fingerprint density at radius 3 is 2.38 bits per heavy atom. The minimum Gasteiger partial charge on any atom is -0.316 e. The van der Waals surface area contributed by atoms with E-state index in [1.165, 1.54) is 18.4 Å². The van der Waals surface area contributed by atoms with Crippen molar-refractivity contribution in [1.29, 1.82) is 0 Å². The summed E-state index contributed by atoms with van der Waals surface area (Å²) >= 11 is 0. The van der Waals surface area contributed by atoms with E-state index in [0.29, 0.717) is 11.3 Å². The number of benzene rings is 1. The maximum atomic E-state index is 12.8. The molecule has 0 unspecified atom stereocenters. The van der Waals surface area contributed by atoms with Gasteiger partial charge in [0.2, 0.25) is 0 Å². The monoisotopic (exact) mass is 221 g/mol. The van der Waals surface area contributed by atoms with E-state index in [-0.39, 0.29) is 5.82 Å². The third-order valence-corrected chi connectivity index (χ3v) is 3.33. The molecule has 0 aliphatic heterocycles. The molecule has 1 N–H and O–H groups in total. The van der Waals surface area contributed by atoms with Crippen LogP contribution < -0.4 is 5.32 Å². The normalized spacial score (nSPS) is 17.8. The molecule has 0 amide bonds. The lowest BCUT2D eigenvalue weighted by Gasteiger charge is -2.17. The van der Waals surface area contributed by atoms with E-state index < -0.39 is 0 Å². The molecule has 0 aromatic heterocycles. The second-order valence-electron chi connectivity index (χ2n) is 5.31. The molecule has 0 atom stereocenters. The summed E-state index contributed by atoms with van der Waals surface area (Å²) in [6.07, 6.45) is 2.45. The highest BCUT2D eigenvalue weighted by atomic mass is 19.1. The van der Waals surface area contributed by atoms with E-state index in [9.17, 15) is 4.39 Å². The van der Waals surface area contributed by atoms with Gasteiger partial charge in [-0.3, -0.25) is 0 Å². The average molecular weight is 221 g/mol. The van der Waals surface area contributed by atoms with Crippen molar-refractivity contribution >= 4 is 0 Å². The topological polar surface area (TPSA) is 12.0 Å². The molecule has 2 rings (SSSR count). The molecule has 88 valence electrons. The van der Waals surface area contributed by atoms with Crippen molar-refractivity contribution in [3.8, 4) is 0 Å². The van der Waals surface area contributed by atoms with Crippen LogP contribution in [-0.4, -0.2) is 13.1 Å². The third-order valence-electron chi connectivity index (χ3n) is 3.33. The molecule has 0 saturated heterocycles. The zero-order chi connectivity index (χ0) is 11.6. The van der Waals surface area contributed by atoms with Crippen molar-refractivity contribution in [3.05, 3.63) is 35.6 Å². The van der Waals surface area contributed by atoms with E-state index in [2.05, 4.69) is 19.2 Å². The highest BCUT2D eigenvalue weighted by Crippen LogP contribution is 2.47.